The molecule has 23 heavy (non-hydrogen) atoms. The summed E-state index contributed by atoms with van der Waals surface area (Å²) in [5.74, 6) is 0.119. The van der Waals surface area contributed by atoms with Gasteiger partial charge in [-0.05, 0) is 37.3 Å². The number of hydrogen-bond acceptors (Lipinski definition) is 5. The van der Waals surface area contributed by atoms with Crippen molar-refractivity contribution in [3.8, 4) is 5.75 Å². The summed E-state index contributed by atoms with van der Waals surface area (Å²) in [4.78, 5) is 12.0. The molecule has 0 amide bonds. The summed E-state index contributed by atoms with van der Waals surface area (Å²) in [6.07, 6.45) is 1.09. The van der Waals surface area contributed by atoms with Crippen molar-refractivity contribution in [2.24, 2.45) is 0 Å². The summed E-state index contributed by atoms with van der Waals surface area (Å²) in [6.45, 7) is 2.28. The van der Waals surface area contributed by atoms with Gasteiger partial charge in [-0.3, -0.25) is 0 Å². The average Bonchev–Trinajstić information content (AvgIpc) is 2.52. The standard InChI is InChI=1S/C17H18O5S/c1-13-6-8-15(9-7-13)21-10-11-22-17(18)14-4-3-5-16(12-14)23(2,19)20/h3-9,12H,10-11H2,1-2H3. The molecule has 0 atom stereocenters. The zero-order valence-electron chi connectivity index (χ0n) is 13.0. The molecule has 5 nitrogen and oxygen atoms in total. The summed E-state index contributed by atoms with van der Waals surface area (Å²) >= 11 is 0. The molecule has 0 bridgehead atoms. The lowest BCUT2D eigenvalue weighted by molar-refractivity contribution is 0.0450. The molecule has 2 aromatic carbocycles. The topological polar surface area (TPSA) is 69.7 Å². The molecule has 6 heteroatoms. The molecule has 0 saturated heterocycles. The quantitative estimate of drug-likeness (QED) is 0.600. The van der Waals surface area contributed by atoms with Gasteiger partial charge < -0.3 is 9.47 Å². The minimum absolute atomic E-state index is 0.0792. The van der Waals surface area contributed by atoms with Crippen LogP contribution in [0.15, 0.2) is 53.4 Å². The van der Waals surface area contributed by atoms with Gasteiger partial charge in [0.15, 0.2) is 9.84 Å². The highest BCUT2D eigenvalue weighted by Crippen LogP contribution is 2.13. The molecule has 0 spiro atoms. The van der Waals surface area contributed by atoms with Crippen molar-refractivity contribution >= 4 is 15.8 Å². The van der Waals surface area contributed by atoms with Crippen molar-refractivity contribution in [3.05, 3.63) is 59.7 Å². The number of carbonyl (C=O) groups excluding carboxylic acids is 1. The van der Waals surface area contributed by atoms with Crippen LogP contribution in [0, 0.1) is 6.92 Å². The molecule has 2 rings (SSSR count). The van der Waals surface area contributed by atoms with Gasteiger partial charge >= 0.3 is 5.97 Å². The van der Waals surface area contributed by atoms with Crippen LogP contribution in [0.4, 0.5) is 0 Å². The summed E-state index contributed by atoms with van der Waals surface area (Å²) < 4.78 is 33.5. The maximum atomic E-state index is 11.9. The maximum Gasteiger partial charge on any atom is 0.338 e. The summed E-state index contributed by atoms with van der Waals surface area (Å²) in [6, 6.07) is 13.3. The second-order valence-corrected chi connectivity index (χ2v) is 7.11. The van der Waals surface area contributed by atoms with E-state index in [1.807, 2.05) is 31.2 Å². The predicted octanol–water partition coefficient (Wildman–Crippen LogP) is 2.63. The Labute approximate surface area is 135 Å². The zero-order chi connectivity index (χ0) is 16.9. The van der Waals surface area contributed by atoms with Gasteiger partial charge in [0.1, 0.15) is 19.0 Å². The Morgan fingerprint density at radius 3 is 2.39 bits per heavy atom. The number of rotatable bonds is 6. The zero-order valence-corrected chi connectivity index (χ0v) is 13.8. The van der Waals surface area contributed by atoms with E-state index in [0.29, 0.717) is 5.75 Å². The van der Waals surface area contributed by atoms with Gasteiger partial charge in [0.25, 0.3) is 0 Å². The van der Waals surface area contributed by atoms with Crippen LogP contribution in [0.2, 0.25) is 0 Å². The predicted molar refractivity (Wildman–Crippen MR) is 86.5 cm³/mol. The first kappa shape index (κ1) is 17.0. The van der Waals surface area contributed by atoms with Crippen LogP contribution in [0.25, 0.3) is 0 Å². The van der Waals surface area contributed by atoms with Crippen molar-refractivity contribution < 1.29 is 22.7 Å². The monoisotopic (exact) mass is 334 g/mol. The molecule has 0 aliphatic rings. The highest BCUT2D eigenvalue weighted by Gasteiger charge is 2.12. The molecule has 0 radical (unpaired) electrons. The molecule has 0 fully saturated rings. The molecule has 0 heterocycles. The fourth-order valence-corrected chi connectivity index (χ4v) is 2.53. The number of esters is 1. The average molecular weight is 334 g/mol. The normalized spacial score (nSPS) is 11.0. The number of sulfone groups is 1. The van der Waals surface area contributed by atoms with Gasteiger partial charge in [-0.15, -0.1) is 0 Å². The molecular formula is C17H18O5S. The summed E-state index contributed by atoms with van der Waals surface area (Å²) in [5.41, 5.74) is 1.33. The minimum atomic E-state index is -3.36. The number of carbonyl (C=O) groups is 1. The number of ether oxygens (including phenoxy) is 2. The Morgan fingerprint density at radius 2 is 1.74 bits per heavy atom. The minimum Gasteiger partial charge on any atom is -0.490 e. The highest BCUT2D eigenvalue weighted by atomic mass is 32.2. The highest BCUT2D eigenvalue weighted by molar-refractivity contribution is 7.90. The lowest BCUT2D eigenvalue weighted by atomic mass is 10.2. The molecule has 0 unspecified atom stereocenters. The lowest BCUT2D eigenvalue weighted by Crippen LogP contribution is -2.13. The van der Waals surface area contributed by atoms with Crippen LogP contribution in [-0.2, 0) is 14.6 Å². The number of hydrogen-bond donors (Lipinski definition) is 0. The molecule has 0 aliphatic heterocycles. The summed E-state index contributed by atoms with van der Waals surface area (Å²) in [5, 5.41) is 0. The number of aryl methyl sites for hydroxylation is 1. The van der Waals surface area contributed by atoms with Gasteiger partial charge in [-0.25, -0.2) is 13.2 Å². The van der Waals surface area contributed by atoms with Gasteiger partial charge in [0.05, 0.1) is 10.5 Å². The van der Waals surface area contributed by atoms with E-state index in [1.54, 1.807) is 0 Å². The fourth-order valence-electron chi connectivity index (χ4n) is 1.87. The van der Waals surface area contributed by atoms with E-state index in [4.69, 9.17) is 9.47 Å². The first-order valence-corrected chi connectivity index (χ1v) is 8.92. The van der Waals surface area contributed by atoms with E-state index in [1.165, 1.54) is 24.3 Å². The molecule has 0 N–H and O–H groups in total. The third-order valence-corrected chi connectivity index (χ3v) is 4.21. The van der Waals surface area contributed by atoms with E-state index in [-0.39, 0.29) is 23.7 Å². The Kier molecular flexibility index (Phi) is 5.39. The number of benzene rings is 2. The summed E-state index contributed by atoms with van der Waals surface area (Å²) in [7, 11) is -3.36. The van der Waals surface area contributed by atoms with Gasteiger partial charge in [-0.2, -0.15) is 0 Å². The maximum absolute atomic E-state index is 11.9. The lowest BCUT2D eigenvalue weighted by Gasteiger charge is -2.08. The third kappa shape index (κ3) is 5.10. The Morgan fingerprint density at radius 1 is 1.04 bits per heavy atom. The van der Waals surface area contributed by atoms with Crippen molar-refractivity contribution in [1.29, 1.82) is 0 Å². The van der Waals surface area contributed by atoms with Crippen molar-refractivity contribution in [2.75, 3.05) is 19.5 Å². The van der Waals surface area contributed by atoms with Crippen molar-refractivity contribution in [1.82, 2.24) is 0 Å². The molecule has 122 valence electrons. The first-order valence-electron chi connectivity index (χ1n) is 7.03. The van der Waals surface area contributed by atoms with E-state index in [0.717, 1.165) is 11.8 Å². The molecule has 2 aromatic rings. The van der Waals surface area contributed by atoms with E-state index >= 15 is 0 Å². The van der Waals surface area contributed by atoms with Crippen LogP contribution >= 0.6 is 0 Å². The molecule has 0 aromatic heterocycles. The van der Waals surface area contributed by atoms with Gasteiger partial charge in [0, 0.05) is 6.26 Å². The second kappa shape index (κ2) is 7.28. The Hall–Kier alpha value is -2.34. The SMILES string of the molecule is Cc1ccc(OCCOC(=O)c2cccc(S(C)(=O)=O)c2)cc1. The first-order chi connectivity index (χ1) is 10.9. The van der Waals surface area contributed by atoms with E-state index in [2.05, 4.69) is 0 Å². The van der Waals surface area contributed by atoms with Crippen molar-refractivity contribution in [3.63, 3.8) is 0 Å². The Balaban J connectivity index is 1.86. The van der Waals surface area contributed by atoms with Gasteiger partial charge in [0.2, 0.25) is 0 Å². The molecule has 0 aliphatic carbocycles. The van der Waals surface area contributed by atoms with Crippen LogP contribution in [-0.4, -0.2) is 33.9 Å². The van der Waals surface area contributed by atoms with E-state index in [9.17, 15) is 13.2 Å². The van der Waals surface area contributed by atoms with Gasteiger partial charge in [-0.1, -0.05) is 23.8 Å². The van der Waals surface area contributed by atoms with Crippen LogP contribution in [0.1, 0.15) is 15.9 Å². The molecule has 0 saturated carbocycles. The smallest absolute Gasteiger partial charge is 0.338 e. The van der Waals surface area contributed by atoms with E-state index < -0.39 is 15.8 Å². The van der Waals surface area contributed by atoms with Crippen molar-refractivity contribution in [2.45, 2.75) is 11.8 Å². The van der Waals surface area contributed by atoms with Crippen LogP contribution in [0.5, 0.6) is 5.75 Å². The largest absolute Gasteiger partial charge is 0.490 e. The third-order valence-electron chi connectivity index (χ3n) is 3.10. The van der Waals surface area contributed by atoms with Crippen LogP contribution in [0.3, 0.4) is 0 Å². The second-order valence-electron chi connectivity index (χ2n) is 5.10. The van der Waals surface area contributed by atoms with Crippen LogP contribution < -0.4 is 4.74 Å². The Bertz CT molecular complexity index is 779. The molecular weight excluding hydrogens is 316 g/mol. The fraction of sp³-hybridized carbons (Fsp3) is 0.235.